The average molecular weight is 302 g/mol. The van der Waals surface area contributed by atoms with Gasteiger partial charge in [0.1, 0.15) is 16.5 Å². The molecular formula is C16H18N2O2S. The Morgan fingerprint density at radius 1 is 1.24 bits per heavy atom. The molecule has 0 aliphatic carbocycles. The minimum absolute atomic E-state index is 0.321. The molecule has 2 N–H and O–H groups in total. The molecule has 0 bridgehead atoms. The summed E-state index contributed by atoms with van der Waals surface area (Å²) in [6.07, 6.45) is 5.43. The van der Waals surface area contributed by atoms with E-state index in [0.29, 0.717) is 17.3 Å². The third-order valence-electron chi connectivity index (χ3n) is 3.07. The lowest BCUT2D eigenvalue weighted by Gasteiger charge is -2.12. The van der Waals surface area contributed by atoms with Crippen molar-refractivity contribution < 1.29 is 9.47 Å². The largest absolute Gasteiger partial charge is 0.497 e. The Morgan fingerprint density at radius 3 is 2.67 bits per heavy atom. The molecule has 2 aromatic rings. The molecule has 0 radical (unpaired) electrons. The number of nitrogens with two attached hydrogens (primary N) is 1. The van der Waals surface area contributed by atoms with Crippen molar-refractivity contribution in [3.63, 3.8) is 0 Å². The molecule has 0 saturated carbocycles. The quantitative estimate of drug-likeness (QED) is 0.629. The number of ether oxygens (including phenoxy) is 2. The second-order valence-corrected chi connectivity index (χ2v) is 4.97. The monoisotopic (exact) mass is 302 g/mol. The van der Waals surface area contributed by atoms with Gasteiger partial charge in [-0.2, -0.15) is 0 Å². The van der Waals surface area contributed by atoms with E-state index in [9.17, 15) is 0 Å². The molecule has 0 spiro atoms. The molecule has 0 saturated heterocycles. The number of thiocarbonyl (C=S) groups is 1. The number of methoxy groups -OCH3 is 1. The van der Waals surface area contributed by atoms with Crippen molar-refractivity contribution in [1.82, 2.24) is 4.98 Å². The summed E-state index contributed by atoms with van der Waals surface area (Å²) >= 11 is 5.03. The summed E-state index contributed by atoms with van der Waals surface area (Å²) in [7, 11) is 1.61. The van der Waals surface area contributed by atoms with Gasteiger partial charge < -0.3 is 15.2 Å². The van der Waals surface area contributed by atoms with Gasteiger partial charge in [-0.05, 0) is 42.7 Å². The lowest BCUT2D eigenvalue weighted by Crippen LogP contribution is -2.12. The van der Waals surface area contributed by atoms with E-state index in [1.165, 1.54) is 5.56 Å². The second-order valence-electron chi connectivity index (χ2n) is 4.53. The number of aryl methyl sites for hydroxylation is 1. The van der Waals surface area contributed by atoms with Gasteiger partial charge in [-0.15, -0.1) is 0 Å². The van der Waals surface area contributed by atoms with Gasteiger partial charge in [0.25, 0.3) is 0 Å². The highest BCUT2D eigenvalue weighted by molar-refractivity contribution is 7.80. The highest BCUT2D eigenvalue weighted by Gasteiger charge is 2.08. The van der Waals surface area contributed by atoms with Crippen LogP contribution < -0.4 is 15.2 Å². The predicted molar refractivity (Wildman–Crippen MR) is 86.9 cm³/mol. The Bertz CT molecular complexity index is 602. The van der Waals surface area contributed by atoms with Gasteiger partial charge in [0.15, 0.2) is 0 Å². The maximum absolute atomic E-state index is 5.80. The topological polar surface area (TPSA) is 57.4 Å². The Kier molecular flexibility index (Phi) is 5.51. The van der Waals surface area contributed by atoms with E-state index in [-0.39, 0.29) is 0 Å². The summed E-state index contributed by atoms with van der Waals surface area (Å²) in [5.41, 5.74) is 7.68. The molecule has 0 amide bonds. The summed E-state index contributed by atoms with van der Waals surface area (Å²) in [6, 6.07) is 9.45. The highest BCUT2D eigenvalue weighted by atomic mass is 32.1. The Morgan fingerprint density at radius 2 is 2.00 bits per heavy atom. The fourth-order valence-electron chi connectivity index (χ4n) is 1.96. The van der Waals surface area contributed by atoms with Gasteiger partial charge >= 0.3 is 0 Å². The molecule has 1 aromatic heterocycles. The first-order chi connectivity index (χ1) is 10.2. The van der Waals surface area contributed by atoms with Crippen LogP contribution in [0.1, 0.15) is 17.5 Å². The summed E-state index contributed by atoms with van der Waals surface area (Å²) < 4.78 is 11.0. The summed E-state index contributed by atoms with van der Waals surface area (Å²) in [4.78, 5) is 4.32. The van der Waals surface area contributed by atoms with Crippen LogP contribution in [0, 0.1) is 0 Å². The highest BCUT2D eigenvalue weighted by Crippen LogP contribution is 2.25. The van der Waals surface area contributed by atoms with Crippen molar-refractivity contribution in [3.8, 4) is 11.5 Å². The molecule has 0 atom stereocenters. The predicted octanol–water partition coefficient (Wildman–Crippen LogP) is 2.74. The SMILES string of the molecule is COc1ccc(C(N)=S)c(OCCCc2ccncc2)c1. The molecule has 0 unspecified atom stereocenters. The molecule has 0 aliphatic rings. The van der Waals surface area contributed by atoms with Crippen molar-refractivity contribution in [2.75, 3.05) is 13.7 Å². The number of pyridine rings is 1. The van der Waals surface area contributed by atoms with Crippen LogP contribution in [0.2, 0.25) is 0 Å². The third kappa shape index (κ3) is 4.43. The molecule has 1 aromatic carbocycles. The zero-order valence-corrected chi connectivity index (χ0v) is 12.7. The molecule has 21 heavy (non-hydrogen) atoms. The first-order valence-corrected chi connectivity index (χ1v) is 7.11. The molecule has 0 aliphatic heterocycles. The molecule has 110 valence electrons. The van der Waals surface area contributed by atoms with Crippen molar-refractivity contribution in [3.05, 3.63) is 53.9 Å². The van der Waals surface area contributed by atoms with E-state index in [1.807, 2.05) is 24.3 Å². The number of rotatable bonds is 7. The number of aromatic nitrogens is 1. The van der Waals surface area contributed by atoms with Gasteiger partial charge in [-0.25, -0.2) is 0 Å². The summed E-state index contributed by atoms with van der Waals surface area (Å²) in [6.45, 7) is 0.588. The van der Waals surface area contributed by atoms with Crippen LogP contribution in [-0.2, 0) is 6.42 Å². The van der Waals surface area contributed by atoms with E-state index in [4.69, 9.17) is 27.4 Å². The molecule has 2 rings (SSSR count). The summed E-state index contributed by atoms with van der Waals surface area (Å²) in [5.74, 6) is 1.38. The minimum Gasteiger partial charge on any atom is -0.497 e. The molecular weight excluding hydrogens is 284 g/mol. The first kappa shape index (κ1) is 15.3. The fourth-order valence-corrected chi connectivity index (χ4v) is 2.13. The maximum Gasteiger partial charge on any atom is 0.133 e. The smallest absolute Gasteiger partial charge is 0.133 e. The Hall–Kier alpha value is -2.14. The first-order valence-electron chi connectivity index (χ1n) is 6.70. The van der Waals surface area contributed by atoms with Gasteiger partial charge in [-0.3, -0.25) is 4.98 Å². The Balaban J connectivity index is 1.94. The minimum atomic E-state index is 0.321. The number of hydrogen-bond acceptors (Lipinski definition) is 4. The van der Waals surface area contributed by atoms with Crippen LogP contribution in [0.15, 0.2) is 42.7 Å². The number of nitrogens with zero attached hydrogens (tertiary/aromatic N) is 1. The fraction of sp³-hybridized carbons (Fsp3) is 0.250. The van der Waals surface area contributed by atoms with Crippen LogP contribution in [0.4, 0.5) is 0 Å². The molecule has 5 heteroatoms. The van der Waals surface area contributed by atoms with E-state index < -0.39 is 0 Å². The zero-order chi connectivity index (χ0) is 15.1. The lowest BCUT2D eigenvalue weighted by atomic mass is 10.1. The van der Waals surface area contributed by atoms with Gasteiger partial charge in [0, 0.05) is 18.5 Å². The average Bonchev–Trinajstić information content (AvgIpc) is 2.52. The summed E-state index contributed by atoms with van der Waals surface area (Å²) in [5, 5.41) is 0. The van der Waals surface area contributed by atoms with E-state index in [2.05, 4.69) is 4.98 Å². The van der Waals surface area contributed by atoms with Crippen molar-refractivity contribution in [2.24, 2.45) is 5.73 Å². The van der Waals surface area contributed by atoms with Crippen molar-refractivity contribution in [2.45, 2.75) is 12.8 Å². The van der Waals surface area contributed by atoms with Crippen LogP contribution in [0.5, 0.6) is 11.5 Å². The van der Waals surface area contributed by atoms with Gasteiger partial charge in [0.2, 0.25) is 0 Å². The third-order valence-corrected chi connectivity index (χ3v) is 3.29. The Labute approximate surface area is 129 Å². The van der Waals surface area contributed by atoms with E-state index in [0.717, 1.165) is 24.2 Å². The normalized spacial score (nSPS) is 10.1. The van der Waals surface area contributed by atoms with Crippen LogP contribution in [-0.4, -0.2) is 23.7 Å². The number of benzene rings is 1. The van der Waals surface area contributed by atoms with Crippen molar-refractivity contribution >= 4 is 17.2 Å². The van der Waals surface area contributed by atoms with E-state index >= 15 is 0 Å². The van der Waals surface area contributed by atoms with Gasteiger partial charge in [0.05, 0.1) is 19.3 Å². The zero-order valence-electron chi connectivity index (χ0n) is 11.9. The number of hydrogen-bond donors (Lipinski definition) is 1. The van der Waals surface area contributed by atoms with Crippen LogP contribution in [0.3, 0.4) is 0 Å². The van der Waals surface area contributed by atoms with E-state index in [1.54, 1.807) is 25.6 Å². The lowest BCUT2D eigenvalue weighted by molar-refractivity contribution is 0.308. The van der Waals surface area contributed by atoms with Crippen LogP contribution >= 0.6 is 12.2 Å². The molecule has 4 nitrogen and oxygen atoms in total. The second kappa shape index (κ2) is 7.59. The molecule has 1 heterocycles. The molecule has 0 fully saturated rings. The van der Waals surface area contributed by atoms with Crippen molar-refractivity contribution in [1.29, 1.82) is 0 Å². The standard InChI is InChI=1S/C16H18N2O2S/c1-19-13-4-5-14(16(17)21)15(11-13)20-10-2-3-12-6-8-18-9-7-12/h4-9,11H,2-3,10H2,1H3,(H2,17,21). The van der Waals surface area contributed by atoms with Gasteiger partial charge in [-0.1, -0.05) is 12.2 Å². The maximum atomic E-state index is 5.80. The van der Waals surface area contributed by atoms with Crippen LogP contribution in [0.25, 0.3) is 0 Å².